The normalized spacial score (nSPS) is 14.7. The lowest BCUT2D eigenvalue weighted by Crippen LogP contribution is -2.50. The van der Waals surface area contributed by atoms with Gasteiger partial charge < -0.3 is 15.1 Å². The summed E-state index contributed by atoms with van der Waals surface area (Å²) in [5, 5.41) is 5.01. The lowest BCUT2D eigenvalue weighted by molar-refractivity contribution is 0.391. The van der Waals surface area contributed by atoms with Crippen molar-refractivity contribution >= 4 is 51.9 Å². The zero-order valence-electron chi connectivity index (χ0n) is 12.5. The van der Waals surface area contributed by atoms with E-state index in [1.165, 1.54) is 5.69 Å². The summed E-state index contributed by atoms with van der Waals surface area (Å²) in [6.07, 6.45) is 0. The number of rotatable bonds is 2. The van der Waals surface area contributed by atoms with Gasteiger partial charge in [0, 0.05) is 37.6 Å². The molecular formula is C17H17Cl2N3S. The Kier molecular flexibility index (Phi) is 5.26. The Hall–Kier alpha value is -1.49. The Labute approximate surface area is 151 Å². The molecular weight excluding hydrogens is 349 g/mol. The van der Waals surface area contributed by atoms with Crippen molar-refractivity contribution in [1.29, 1.82) is 0 Å². The summed E-state index contributed by atoms with van der Waals surface area (Å²) in [7, 11) is 0. The Balaban J connectivity index is 1.57. The van der Waals surface area contributed by atoms with Gasteiger partial charge in [0.05, 0.1) is 10.0 Å². The van der Waals surface area contributed by atoms with E-state index in [9.17, 15) is 0 Å². The Morgan fingerprint density at radius 2 is 1.61 bits per heavy atom. The predicted octanol–water partition coefficient (Wildman–Crippen LogP) is 4.51. The smallest absolute Gasteiger partial charge is 0.173 e. The molecule has 0 bridgehead atoms. The molecule has 0 amide bonds. The maximum Gasteiger partial charge on any atom is 0.173 e. The number of halogens is 2. The summed E-state index contributed by atoms with van der Waals surface area (Å²) in [4.78, 5) is 4.55. The molecule has 0 radical (unpaired) electrons. The van der Waals surface area contributed by atoms with Crippen LogP contribution in [0.25, 0.3) is 0 Å². The van der Waals surface area contributed by atoms with Gasteiger partial charge in [0.1, 0.15) is 0 Å². The molecule has 1 saturated heterocycles. The minimum atomic E-state index is 0.522. The summed E-state index contributed by atoms with van der Waals surface area (Å²) in [5.41, 5.74) is 2.12. The van der Waals surface area contributed by atoms with E-state index in [4.69, 9.17) is 35.4 Å². The molecule has 3 nitrogen and oxygen atoms in total. The lowest BCUT2D eigenvalue weighted by atomic mass is 10.2. The van der Waals surface area contributed by atoms with Gasteiger partial charge in [-0.05, 0) is 42.5 Å². The molecule has 1 fully saturated rings. The lowest BCUT2D eigenvalue weighted by Gasteiger charge is -2.37. The summed E-state index contributed by atoms with van der Waals surface area (Å²) >= 11 is 17.5. The number of para-hydroxylation sites is 1. The number of hydrogen-bond acceptors (Lipinski definition) is 2. The molecule has 0 spiro atoms. The van der Waals surface area contributed by atoms with E-state index in [0.717, 1.165) is 37.0 Å². The molecule has 120 valence electrons. The van der Waals surface area contributed by atoms with Gasteiger partial charge in [-0.15, -0.1) is 0 Å². The molecule has 1 aliphatic rings. The van der Waals surface area contributed by atoms with Crippen molar-refractivity contribution in [3.63, 3.8) is 0 Å². The van der Waals surface area contributed by atoms with Crippen LogP contribution >= 0.6 is 35.4 Å². The number of thiocarbonyl (C=S) groups is 1. The second kappa shape index (κ2) is 7.39. The second-order valence-electron chi connectivity index (χ2n) is 5.37. The standard InChI is InChI=1S/C17H17Cl2N3S/c18-15-7-6-13(12-16(15)19)20-17(23)22-10-8-21(9-11-22)14-4-2-1-3-5-14/h1-7,12H,8-11H2,(H,20,23). The first kappa shape index (κ1) is 16.4. The van der Waals surface area contributed by atoms with Crippen LogP contribution in [0.2, 0.25) is 10.0 Å². The molecule has 1 heterocycles. The molecule has 23 heavy (non-hydrogen) atoms. The van der Waals surface area contributed by atoms with E-state index in [1.807, 2.05) is 12.1 Å². The van der Waals surface area contributed by atoms with E-state index in [2.05, 4.69) is 39.4 Å². The molecule has 0 aromatic heterocycles. The third kappa shape index (κ3) is 4.08. The fraction of sp³-hybridized carbons (Fsp3) is 0.235. The van der Waals surface area contributed by atoms with Gasteiger partial charge in [-0.2, -0.15) is 0 Å². The number of piperazine rings is 1. The number of benzene rings is 2. The third-order valence-electron chi connectivity index (χ3n) is 3.86. The molecule has 0 saturated carbocycles. The Bertz CT molecular complexity index is 685. The third-order valence-corrected chi connectivity index (χ3v) is 4.96. The first-order valence-electron chi connectivity index (χ1n) is 7.44. The number of nitrogens with one attached hydrogen (secondary N) is 1. The van der Waals surface area contributed by atoms with E-state index in [1.54, 1.807) is 12.1 Å². The van der Waals surface area contributed by atoms with Gasteiger partial charge in [0.2, 0.25) is 0 Å². The number of nitrogens with zero attached hydrogens (tertiary/aromatic N) is 2. The van der Waals surface area contributed by atoms with Crippen molar-refractivity contribution in [2.24, 2.45) is 0 Å². The van der Waals surface area contributed by atoms with Gasteiger partial charge in [0.25, 0.3) is 0 Å². The molecule has 1 N–H and O–H groups in total. The zero-order valence-corrected chi connectivity index (χ0v) is 14.8. The molecule has 0 atom stereocenters. The van der Waals surface area contributed by atoms with Crippen LogP contribution in [0.4, 0.5) is 11.4 Å². The van der Waals surface area contributed by atoms with Gasteiger partial charge in [-0.1, -0.05) is 41.4 Å². The topological polar surface area (TPSA) is 18.5 Å². The van der Waals surface area contributed by atoms with E-state index in [0.29, 0.717) is 10.0 Å². The highest BCUT2D eigenvalue weighted by Gasteiger charge is 2.19. The molecule has 0 aliphatic carbocycles. The van der Waals surface area contributed by atoms with Crippen LogP contribution < -0.4 is 10.2 Å². The van der Waals surface area contributed by atoms with Crippen LogP contribution in [0.15, 0.2) is 48.5 Å². The van der Waals surface area contributed by atoms with Gasteiger partial charge >= 0.3 is 0 Å². The van der Waals surface area contributed by atoms with Crippen molar-refractivity contribution in [2.75, 3.05) is 36.4 Å². The molecule has 3 rings (SSSR count). The summed E-state index contributed by atoms with van der Waals surface area (Å²) < 4.78 is 0. The Morgan fingerprint density at radius 1 is 0.913 bits per heavy atom. The van der Waals surface area contributed by atoms with Crippen LogP contribution in [-0.2, 0) is 0 Å². The van der Waals surface area contributed by atoms with E-state index in [-0.39, 0.29) is 0 Å². The minimum absolute atomic E-state index is 0.522. The Morgan fingerprint density at radius 3 is 2.26 bits per heavy atom. The van der Waals surface area contributed by atoms with Crippen molar-refractivity contribution in [3.05, 3.63) is 58.6 Å². The van der Waals surface area contributed by atoms with E-state index >= 15 is 0 Å². The number of hydrogen-bond donors (Lipinski definition) is 1. The van der Waals surface area contributed by atoms with Crippen LogP contribution in [0, 0.1) is 0 Å². The first-order valence-corrected chi connectivity index (χ1v) is 8.61. The molecule has 2 aromatic carbocycles. The molecule has 2 aromatic rings. The minimum Gasteiger partial charge on any atom is -0.368 e. The van der Waals surface area contributed by atoms with Crippen LogP contribution in [0.1, 0.15) is 0 Å². The van der Waals surface area contributed by atoms with Crippen molar-refractivity contribution in [3.8, 4) is 0 Å². The van der Waals surface area contributed by atoms with Crippen molar-refractivity contribution < 1.29 is 0 Å². The summed E-state index contributed by atoms with van der Waals surface area (Å²) in [5.74, 6) is 0. The van der Waals surface area contributed by atoms with Crippen LogP contribution in [0.5, 0.6) is 0 Å². The maximum absolute atomic E-state index is 6.03. The highest BCUT2D eigenvalue weighted by molar-refractivity contribution is 7.80. The SMILES string of the molecule is S=C(Nc1ccc(Cl)c(Cl)c1)N1CCN(c2ccccc2)CC1. The molecule has 0 unspecified atom stereocenters. The summed E-state index contributed by atoms with van der Waals surface area (Å²) in [6.45, 7) is 3.69. The van der Waals surface area contributed by atoms with Crippen molar-refractivity contribution in [1.82, 2.24) is 4.90 Å². The monoisotopic (exact) mass is 365 g/mol. The average Bonchev–Trinajstić information content (AvgIpc) is 2.59. The maximum atomic E-state index is 6.03. The fourth-order valence-corrected chi connectivity index (χ4v) is 3.18. The number of anilines is 2. The highest BCUT2D eigenvalue weighted by atomic mass is 35.5. The average molecular weight is 366 g/mol. The van der Waals surface area contributed by atoms with Gasteiger partial charge in [0.15, 0.2) is 5.11 Å². The molecule has 6 heteroatoms. The first-order chi connectivity index (χ1) is 11.1. The zero-order chi connectivity index (χ0) is 16.2. The van der Waals surface area contributed by atoms with Crippen molar-refractivity contribution in [2.45, 2.75) is 0 Å². The van der Waals surface area contributed by atoms with Crippen LogP contribution in [0.3, 0.4) is 0 Å². The quantitative estimate of drug-likeness (QED) is 0.788. The van der Waals surface area contributed by atoms with Gasteiger partial charge in [-0.25, -0.2) is 0 Å². The second-order valence-corrected chi connectivity index (χ2v) is 6.57. The summed E-state index contributed by atoms with van der Waals surface area (Å²) in [6, 6.07) is 15.9. The largest absolute Gasteiger partial charge is 0.368 e. The van der Waals surface area contributed by atoms with Gasteiger partial charge in [-0.3, -0.25) is 0 Å². The fourth-order valence-electron chi connectivity index (χ4n) is 2.58. The predicted molar refractivity (Wildman–Crippen MR) is 103 cm³/mol. The van der Waals surface area contributed by atoms with Crippen LogP contribution in [-0.4, -0.2) is 36.2 Å². The molecule has 1 aliphatic heterocycles. The van der Waals surface area contributed by atoms with E-state index < -0.39 is 0 Å². The highest BCUT2D eigenvalue weighted by Crippen LogP contribution is 2.25.